The molecule has 3 rings (SSSR count). The van der Waals surface area contributed by atoms with Crippen molar-refractivity contribution in [3.8, 4) is 0 Å². The minimum Gasteiger partial charge on any atom is -0.378 e. The van der Waals surface area contributed by atoms with Crippen molar-refractivity contribution < 1.29 is 32.1 Å². The third kappa shape index (κ3) is 5.08. The molecule has 0 saturated carbocycles. The van der Waals surface area contributed by atoms with Crippen LogP contribution in [0.1, 0.15) is 23.5 Å². The summed E-state index contributed by atoms with van der Waals surface area (Å²) in [6.07, 6.45) is -4.86. The van der Waals surface area contributed by atoms with Crippen molar-refractivity contribution >= 4 is 28.9 Å². The van der Waals surface area contributed by atoms with Gasteiger partial charge in [0.25, 0.3) is 5.69 Å². The molecule has 0 fully saturated rings. The van der Waals surface area contributed by atoms with Gasteiger partial charge >= 0.3 is 6.18 Å². The summed E-state index contributed by atoms with van der Waals surface area (Å²) in [7, 11) is 0. The van der Waals surface area contributed by atoms with Gasteiger partial charge in [-0.2, -0.15) is 13.2 Å². The van der Waals surface area contributed by atoms with E-state index in [0.29, 0.717) is 17.7 Å². The van der Waals surface area contributed by atoms with E-state index in [9.17, 15) is 37.3 Å². The molecule has 1 aliphatic rings. The molecule has 0 bridgehead atoms. The Bertz CT molecular complexity index is 1040. The van der Waals surface area contributed by atoms with Gasteiger partial charge in [-0.15, -0.1) is 0 Å². The molecule has 2 aromatic carbocycles. The lowest BCUT2D eigenvalue weighted by Gasteiger charge is -2.25. The maximum Gasteiger partial charge on any atom is 0.416 e. The van der Waals surface area contributed by atoms with Crippen LogP contribution in [0.15, 0.2) is 36.4 Å². The third-order valence-corrected chi connectivity index (χ3v) is 4.63. The lowest BCUT2D eigenvalue weighted by atomic mass is 9.89. The minimum absolute atomic E-state index is 0.0207. The van der Waals surface area contributed by atoms with Gasteiger partial charge in [0.05, 0.1) is 16.4 Å². The second-order valence-electron chi connectivity index (χ2n) is 6.74. The van der Waals surface area contributed by atoms with Crippen LogP contribution < -0.4 is 16.0 Å². The van der Waals surface area contributed by atoms with Crippen LogP contribution in [-0.4, -0.2) is 29.8 Å². The molecular formula is C19H16F4N4O4. The minimum atomic E-state index is -4.72. The van der Waals surface area contributed by atoms with E-state index in [-0.39, 0.29) is 30.9 Å². The number of benzene rings is 2. The normalized spacial score (nSPS) is 15.6. The zero-order chi connectivity index (χ0) is 22.8. The van der Waals surface area contributed by atoms with Gasteiger partial charge in [-0.3, -0.25) is 19.7 Å². The zero-order valence-electron chi connectivity index (χ0n) is 15.8. The van der Waals surface area contributed by atoms with Crippen LogP contribution in [0, 0.1) is 15.9 Å². The van der Waals surface area contributed by atoms with Crippen LogP contribution in [-0.2, 0) is 15.8 Å². The molecule has 8 nitrogen and oxygen atoms in total. The summed E-state index contributed by atoms with van der Waals surface area (Å²) in [6, 6.07) is 5.76. The number of alkyl halides is 3. The van der Waals surface area contributed by atoms with Crippen LogP contribution in [0.5, 0.6) is 0 Å². The van der Waals surface area contributed by atoms with Crippen LogP contribution in [0.2, 0.25) is 0 Å². The molecular weight excluding hydrogens is 424 g/mol. The van der Waals surface area contributed by atoms with Gasteiger partial charge < -0.3 is 16.0 Å². The Morgan fingerprint density at radius 2 is 1.94 bits per heavy atom. The number of hydrogen-bond donors (Lipinski definition) is 3. The summed E-state index contributed by atoms with van der Waals surface area (Å²) in [5.41, 5.74) is -1.38. The summed E-state index contributed by atoms with van der Waals surface area (Å²) in [5, 5.41) is 18.7. The Morgan fingerprint density at radius 1 is 1.19 bits per heavy atom. The number of nitro benzene ring substituents is 1. The maximum atomic E-state index is 13.4. The van der Waals surface area contributed by atoms with E-state index in [0.717, 1.165) is 12.1 Å². The molecule has 0 aromatic heterocycles. The highest BCUT2D eigenvalue weighted by atomic mass is 19.4. The maximum absolute atomic E-state index is 13.4. The number of carbonyl (C=O) groups is 2. The number of anilines is 2. The number of hydrogen-bond acceptors (Lipinski definition) is 5. The van der Waals surface area contributed by atoms with E-state index in [1.165, 1.54) is 12.1 Å². The van der Waals surface area contributed by atoms with E-state index < -0.39 is 45.9 Å². The first-order chi connectivity index (χ1) is 14.6. The second-order valence-corrected chi connectivity index (χ2v) is 6.74. The highest BCUT2D eigenvalue weighted by Crippen LogP contribution is 2.35. The molecule has 0 spiro atoms. The van der Waals surface area contributed by atoms with Crippen LogP contribution in [0.25, 0.3) is 0 Å². The average Bonchev–Trinajstić information content (AvgIpc) is 2.69. The second kappa shape index (κ2) is 8.58. The molecule has 0 saturated heterocycles. The van der Waals surface area contributed by atoms with Gasteiger partial charge in [0, 0.05) is 31.3 Å². The summed E-state index contributed by atoms with van der Waals surface area (Å²) in [5.74, 6) is -2.37. The molecule has 12 heteroatoms. The fourth-order valence-electron chi connectivity index (χ4n) is 3.19. The van der Waals surface area contributed by atoms with E-state index >= 15 is 0 Å². The summed E-state index contributed by atoms with van der Waals surface area (Å²) in [6.45, 7) is -0.0429. The van der Waals surface area contributed by atoms with Gasteiger partial charge in [0.15, 0.2) is 0 Å². The van der Waals surface area contributed by atoms with E-state index in [4.69, 9.17) is 0 Å². The Labute approximate surface area is 172 Å². The molecule has 2 amide bonds. The predicted molar refractivity (Wildman–Crippen MR) is 102 cm³/mol. The highest BCUT2D eigenvalue weighted by molar-refractivity contribution is 6.01. The largest absolute Gasteiger partial charge is 0.416 e. The van der Waals surface area contributed by atoms with Crippen molar-refractivity contribution in [3.63, 3.8) is 0 Å². The van der Waals surface area contributed by atoms with Crippen molar-refractivity contribution in [1.82, 2.24) is 5.32 Å². The Kier molecular flexibility index (Phi) is 6.09. The Hall–Kier alpha value is -3.70. The Morgan fingerprint density at radius 3 is 2.61 bits per heavy atom. The molecule has 0 radical (unpaired) electrons. The number of halogens is 4. The van der Waals surface area contributed by atoms with Crippen LogP contribution in [0.4, 0.5) is 34.6 Å². The quantitative estimate of drug-likeness (QED) is 0.276. The number of fused-ring (bicyclic) bond motifs is 1. The van der Waals surface area contributed by atoms with E-state index in [1.807, 2.05) is 0 Å². The number of nitrogens with one attached hydrogen (secondary N) is 3. The van der Waals surface area contributed by atoms with Crippen molar-refractivity contribution in [1.29, 1.82) is 0 Å². The monoisotopic (exact) mass is 440 g/mol. The molecule has 2 aromatic rings. The standard InChI is InChI=1S/C19H16F4N4O4/c20-11-2-3-12-13(9-17(28)26-15(12)8-11)18(29)25-6-5-24-14-4-1-10(19(21,22)23)7-16(14)27(30)31/h1-4,7-8,13,24H,5-6,9H2,(H,25,29)(H,26,28). The van der Waals surface area contributed by atoms with Gasteiger partial charge in [-0.1, -0.05) is 6.07 Å². The van der Waals surface area contributed by atoms with Gasteiger partial charge in [0.2, 0.25) is 11.8 Å². The molecule has 164 valence electrons. The van der Waals surface area contributed by atoms with E-state index in [2.05, 4.69) is 16.0 Å². The third-order valence-electron chi connectivity index (χ3n) is 4.63. The van der Waals surface area contributed by atoms with Crippen LogP contribution in [0.3, 0.4) is 0 Å². The average molecular weight is 440 g/mol. The summed E-state index contributed by atoms with van der Waals surface area (Å²) in [4.78, 5) is 34.4. The number of carbonyl (C=O) groups excluding carboxylic acids is 2. The van der Waals surface area contributed by atoms with Crippen molar-refractivity contribution in [2.24, 2.45) is 0 Å². The van der Waals surface area contributed by atoms with E-state index in [1.54, 1.807) is 0 Å². The van der Waals surface area contributed by atoms with Crippen molar-refractivity contribution in [2.75, 3.05) is 23.7 Å². The molecule has 1 heterocycles. The number of nitro groups is 1. The first-order valence-corrected chi connectivity index (χ1v) is 9.03. The fourth-order valence-corrected chi connectivity index (χ4v) is 3.19. The SMILES string of the molecule is O=C1CC(C(=O)NCCNc2ccc(C(F)(F)F)cc2[N+](=O)[O-])c2ccc(F)cc2N1. The molecule has 1 atom stereocenters. The van der Waals surface area contributed by atoms with Gasteiger partial charge in [-0.05, 0) is 29.8 Å². The number of rotatable bonds is 6. The Balaban J connectivity index is 1.62. The first kappa shape index (κ1) is 22.0. The topological polar surface area (TPSA) is 113 Å². The fraction of sp³-hybridized carbons (Fsp3) is 0.263. The lowest BCUT2D eigenvalue weighted by molar-refractivity contribution is -0.384. The molecule has 0 aliphatic carbocycles. The number of amides is 2. The predicted octanol–water partition coefficient (Wildman–Crippen LogP) is 3.41. The van der Waals surface area contributed by atoms with Crippen molar-refractivity contribution in [3.05, 3.63) is 63.5 Å². The molecule has 1 aliphatic heterocycles. The number of nitrogens with zero attached hydrogens (tertiary/aromatic N) is 1. The smallest absolute Gasteiger partial charge is 0.378 e. The molecule has 3 N–H and O–H groups in total. The van der Waals surface area contributed by atoms with Gasteiger partial charge in [0.1, 0.15) is 11.5 Å². The van der Waals surface area contributed by atoms with Crippen LogP contribution >= 0.6 is 0 Å². The van der Waals surface area contributed by atoms with Gasteiger partial charge in [-0.25, -0.2) is 4.39 Å². The van der Waals surface area contributed by atoms with Crippen molar-refractivity contribution in [2.45, 2.75) is 18.5 Å². The highest BCUT2D eigenvalue weighted by Gasteiger charge is 2.33. The molecule has 31 heavy (non-hydrogen) atoms. The lowest BCUT2D eigenvalue weighted by Crippen LogP contribution is -2.37. The summed E-state index contributed by atoms with van der Waals surface area (Å²) < 4.78 is 51.6. The molecule has 1 unspecified atom stereocenters. The zero-order valence-corrected chi connectivity index (χ0v) is 15.8. The first-order valence-electron chi connectivity index (χ1n) is 9.03. The summed E-state index contributed by atoms with van der Waals surface area (Å²) >= 11 is 0.